The lowest BCUT2D eigenvalue weighted by Crippen LogP contribution is -2.39. The lowest BCUT2D eigenvalue weighted by atomic mass is 10.3. The summed E-state index contributed by atoms with van der Waals surface area (Å²) >= 11 is 0. The normalized spacial score (nSPS) is 15.6. The third-order valence-corrected chi connectivity index (χ3v) is 1.40. The van der Waals surface area contributed by atoms with Gasteiger partial charge in [-0.2, -0.15) is 13.2 Å². The Bertz CT molecular complexity index is 195. The van der Waals surface area contributed by atoms with Gasteiger partial charge in [0.2, 0.25) is 0 Å². The van der Waals surface area contributed by atoms with Crippen LogP contribution in [0.5, 0.6) is 0 Å². The van der Waals surface area contributed by atoms with E-state index in [-0.39, 0.29) is 18.8 Å². The van der Waals surface area contributed by atoms with Gasteiger partial charge in [0.25, 0.3) is 0 Å². The van der Waals surface area contributed by atoms with Crippen molar-refractivity contribution in [3.63, 3.8) is 0 Å². The quantitative estimate of drug-likeness (QED) is 0.166. The fourth-order valence-corrected chi connectivity index (χ4v) is 0.621. The number of oxime groups is 1. The first-order chi connectivity index (χ1) is 6.38. The Kier molecular flexibility index (Phi) is 5.24. The SMILES string of the molecule is NC(CCNCC(O)C(F)(F)F)=NO. The van der Waals surface area contributed by atoms with E-state index in [1.165, 1.54) is 0 Å². The molecule has 0 radical (unpaired) electrons. The van der Waals surface area contributed by atoms with Crippen LogP contribution in [0.4, 0.5) is 13.2 Å². The third kappa shape index (κ3) is 5.60. The highest BCUT2D eigenvalue weighted by molar-refractivity contribution is 5.79. The average molecular weight is 215 g/mol. The Morgan fingerprint density at radius 2 is 2.07 bits per heavy atom. The molecular formula is C6H12F3N3O2. The van der Waals surface area contributed by atoms with Crippen LogP contribution in [0, 0.1) is 0 Å². The summed E-state index contributed by atoms with van der Waals surface area (Å²) in [5.74, 6) is -0.0843. The molecule has 14 heavy (non-hydrogen) atoms. The largest absolute Gasteiger partial charge is 0.415 e. The van der Waals surface area contributed by atoms with Crippen LogP contribution in [-0.2, 0) is 0 Å². The van der Waals surface area contributed by atoms with Gasteiger partial charge in [0.05, 0.1) is 0 Å². The number of nitrogens with two attached hydrogens (primary N) is 1. The van der Waals surface area contributed by atoms with Gasteiger partial charge in [-0.15, -0.1) is 0 Å². The lowest BCUT2D eigenvalue weighted by Gasteiger charge is -2.14. The highest BCUT2D eigenvalue weighted by atomic mass is 19.4. The zero-order valence-electron chi connectivity index (χ0n) is 7.25. The Morgan fingerprint density at radius 1 is 1.50 bits per heavy atom. The van der Waals surface area contributed by atoms with Crippen molar-refractivity contribution in [3.05, 3.63) is 0 Å². The standard InChI is InChI=1S/C6H12F3N3O2/c7-6(8,9)4(13)3-11-2-1-5(10)12-14/h4,11,13-14H,1-3H2,(H2,10,12). The van der Waals surface area contributed by atoms with E-state index in [0.717, 1.165) is 0 Å². The van der Waals surface area contributed by atoms with Crippen molar-refractivity contribution < 1.29 is 23.5 Å². The van der Waals surface area contributed by atoms with Crippen LogP contribution in [0.2, 0.25) is 0 Å². The number of hydrogen-bond acceptors (Lipinski definition) is 4. The van der Waals surface area contributed by atoms with Crippen LogP contribution < -0.4 is 11.1 Å². The van der Waals surface area contributed by atoms with Gasteiger partial charge >= 0.3 is 6.18 Å². The van der Waals surface area contributed by atoms with E-state index in [9.17, 15) is 13.2 Å². The number of aliphatic hydroxyl groups excluding tert-OH is 1. The van der Waals surface area contributed by atoms with Crippen molar-refractivity contribution in [3.8, 4) is 0 Å². The summed E-state index contributed by atoms with van der Waals surface area (Å²) < 4.78 is 35.2. The molecule has 0 rings (SSSR count). The molecule has 0 spiro atoms. The summed E-state index contributed by atoms with van der Waals surface area (Å²) in [5.41, 5.74) is 5.05. The van der Waals surface area contributed by atoms with E-state index in [1.807, 2.05) is 0 Å². The zero-order valence-corrected chi connectivity index (χ0v) is 7.25. The van der Waals surface area contributed by atoms with Crippen molar-refractivity contribution in [2.24, 2.45) is 10.9 Å². The van der Waals surface area contributed by atoms with Gasteiger partial charge in [-0.05, 0) is 0 Å². The smallest absolute Gasteiger partial charge is 0.409 e. The number of amidine groups is 1. The van der Waals surface area contributed by atoms with Crippen molar-refractivity contribution in [2.45, 2.75) is 18.7 Å². The molecule has 0 bridgehead atoms. The second-order valence-corrected chi connectivity index (χ2v) is 2.60. The number of hydrogen-bond donors (Lipinski definition) is 4. The molecule has 0 aromatic heterocycles. The maximum absolute atomic E-state index is 11.7. The topological polar surface area (TPSA) is 90.9 Å². The molecule has 5 nitrogen and oxygen atoms in total. The van der Waals surface area contributed by atoms with Gasteiger partial charge in [0, 0.05) is 19.5 Å². The fourth-order valence-electron chi connectivity index (χ4n) is 0.621. The van der Waals surface area contributed by atoms with Crippen LogP contribution in [-0.4, -0.2) is 41.5 Å². The van der Waals surface area contributed by atoms with Gasteiger partial charge in [-0.3, -0.25) is 0 Å². The van der Waals surface area contributed by atoms with Crippen LogP contribution in [0.25, 0.3) is 0 Å². The van der Waals surface area contributed by atoms with Gasteiger partial charge in [0.15, 0.2) is 6.10 Å². The molecule has 0 aliphatic carbocycles. The lowest BCUT2D eigenvalue weighted by molar-refractivity contribution is -0.201. The van der Waals surface area contributed by atoms with Crippen LogP contribution in [0.1, 0.15) is 6.42 Å². The molecule has 1 atom stereocenters. The minimum absolute atomic E-state index is 0.0843. The first-order valence-electron chi connectivity index (χ1n) is 3.80. The minimum atomic E-state index is -4.62. The predicted molar refractivity (Wildman–Crippen MR) is 43.0 cm³/mol. The molecule has 8 heteroatoms. The first kappa shape index (κ1) is 13.0. The average Bonchev–Trinajstić information content (AvgIpc) is 2.09. The molecule has 0 heterocycles. The van der Waals surface area contributed by atoms with Crippen molar-refractivity contribution >= 4 is 5.84 Å². The van der Waals surface area contributed by atoms with Crippen molar-refractivity contribution in [1.82, 2.24) is 5.32 Å². The van der Waals surface area contributed by atoms with Crippen molar-refractivity contribution in [2.75, 3.05) is 13.1 Å². The minimum Gasteiger partial charge on any atom is -0.409 e. The number of halogens is 3. The fraction of sp³-hybridized carbons (Fsp3) is 0.833. The molecule has 84 valence electrons. The number of rotatable bonds is 5. The van der Waals surface area contributed by atoms with Gasteiger partial charge in [0.1, 0.15) is 5.84 Å². The van der Waals surface area contributed by atoms with E-state index >= 15 is 0 Å². The molecule has 0 amide bonds. The Hall–Kier alpha value is -1.02. The number of nitrogens with one attached hydrogen (secondary N) is 1. The monoisotopic (exact) mass is 215 g/mol. The maximum atomic E-state index is 11.7. The summed E-state index contributed by atoms with van der Waals surface area (Å²) in [6.45, 7) is -0.509. The number of nitrogens with zero attached hydrogens (tertiary/aromatic N) is 1. The Balaban J connectivity index is 3.56. The van der Waals surface area contributed by atoms with Crippen molar-refractivity contribution in [1.29, 1.82) is 0 Å². The molecule has 0 aromatic carbocycles. The van der Waals surface area contributed by atoms with E-state index in [2.05, 4.69) is 10.5 Å². The summed E-state index contributed by atoms with van der Waals surface area (Å²) in [6, 6.07) is 0. The molecule has 0 aliphatic heterocycles. The molecule has 0 fully saturated rings. The molecule has 0 saturated carbocycles. The summed E-state index contributed by atoms with van der Waals surface area (Å²) in [4.78, 5) is 0. The Labute approximate surface area is 78.4 Å². The third-order valence-electron chi connectivity index (χ3n) is 1.40. The summed E-state index contributed by atoms with van der Waals surface area (Å²) in [6.07, 6.45) is -6.90. The second kappa shape index (κ2) is 5.66. The van der Waals surface area contributed by atoms with Crippen LogP contribution in [0.3, 0.4) is 0 Å². The molecule has 0 saturated heterocycles. The molecule has 0 aromatic rings. The van der Waals surface area contributed by atoms with Crippen LogP contribution >= 0.6 is 0 Å². The van der Waals surface area contributed by atoms with Gasteiger partial charge in [-0.1, -0.05) is 5.16 Å². The van der Waals surface area contributed by atoms with Gasteiger partial charge < -0.3 is 21.4 Å². The maximum Gasteiger partial charge on any atom is 0.415 e. The predicted octanol–water partition coefficient (Wildman–Crippen LogP) is -0.364. The molecule has 1 unspecified atom stereocenters. The highest BCUT2D eigenvalue weighted by Gasteiger charge is 2.37. The van der Waals surface area contributed by atoms with E-state index in [4.69, 9.17) is 16.0 Å². The van der Waals surface area contributed by atoms with Crippen LogP contribution in [0.15, 0.2) is 5.16 Å². The highest BCUT2D eigenvalue weighted by Crippen LogP contribution is 2.18. The summed E-state index contributed by atoms with van der Waals surface area (Å²) in [5, 5.41) is 21.5. The molecule has 0 aliphatic rings. The first-order valence-corrected chi connectivity index (χ1v) is 3.80. The van der Waals surface area contributed by atoms with E-state index in [1.54, 1.807) is 0 Å². The number of alkyl halides is 3. The van der Waals surface area contributed by atoms with E-state index < -0.39 is 18.8 Å². The Morgan fingerprint density at radius 3 is 2.50 bits per heavy atom. The second-order valence-electron chi connectivity index (χ2n) is 2.60. The van der Waals surface area contributed by atoms with Gasteiger partial charge in [-0.25, -0.2) is 0 Å². The molecular weight excluding hydrogens is 203 g/mol. The zero-order chi connectivity index (χ0) is 11.2. The molecule has 5 N–H and O–H groups in total. The van der Waals surface area contributed by atoms with E-state index in [0.29, 0.717) is 0 Å². The summed E-state index contributed by atoms with van der Waals surface area (Å²) in [7, 11) is 0. The number of aliphatic hydroxyl groups is 1.